The predicted molar refractivity (Wildman–Crippen MR) is 129 cm³/mol. The molecule has 1 aliphatic rings. The molecule has 1 atom stereocenters. The van der Waals surface area contributed by atoms with Crippen molar-refractivity contribution in [1.82, 2.24) is 15.2 Å². The number of hydrazone groups is 1. The van der Waals surface area contributed by atoms with Gasteiger partial charge in [0.1, 0.15) is 5.75 Å². The van der Waals surface area contributed by atoms with Crippen LogP contribution in [0.15, 0.2) is 86.9 Å². The highest BCUT2D eigenvalue weighted by atomic mass is 32.2. The summed E-state index contributed by atoms with van der Waals surface area (Å²) in [6.45, 7) is 0. The highest BCUT2D eigenvalue weighted by Crippen LogP contribution is 2.34. The molecule has 0 fully saturated rings. The minimum atomic E-state index is -0.191. The van der Waals surface area contributed by atoms with Gasteiger partial charge >= 0.3 is 0 Å². The summed E-state index contributed by atoms with van der Waals surface area (Å²) in [5.41, 5.74) is 2.89. The van der Waals surface area contributed by atoms with Gasteiger partial charge in [-0.1, -0.05) is 60.3 Å². The lowest BCUT2D eigenvalue weighted by molar-refractivity contribution is -0.130. The zero-order chi connectivity index (χ0) is 22.6. The lowest BCUT2D eigenvalue weighted by atomic mass is 9.98. The molecule has 0 radical (unpaired) electrons. The van der Waals surface area contributed by atoms with Crippen molar-refractivity contribution < 1.29 is 13.9 Å². The molecule has 9 heteroatoms. The Bertz CT molecular complexity index is 1250. The molecule has 2 aromatic heterocycles. The number of carbonyl (C=O) groups excluding carboxylic acids is 1. The average molecular weight is 477 g/mol. The van der Waals surface area contributed by atoms with Crippen LogP contribution in [-0.4, -0.2) is 39.7 Å². The molecule has 0 unspecified atom stereocenters. The Morgan fingerprint density at radius 3 is 2.67 bits per heavy atom. The van der Waals surface area contributed by atoms with Gasteiger partial charge in [-0.05, 0) is 34.7 Å². The first-order valence-electron chi connectivity index (χ1n) is 10.3. The molecule has 166 valence electrons. The normalized spacial score (nSPS) is 15.5. The summed E-state index contributed by atoms with van der Waals surface area (Å²) in [6.07, 6.45) is 0.635. The Labute approximate surface area is 199 Å². The summed E-state index contributed by atoms with van der Waals surface area (Å²) in [4.78, 5) is 14.1. The molecule has 3 heterocycles. The van der Waals surface area contributed by atoms with Gasteiger partial charge in [0.05, 0.1) is 29.5 Å². The third kappa shape index (κ3) is 4.69. The molecular weight excluding hydrogens is 456 g/mol. The monoisotopic (exact) mass is 476 g/mol. The lowest BCUT2D eigenvalue weighted by Gasteiger charge is -2.22. The van der Waals surface area contributed by atoms with Crippen LogP contribution in [0.4, 0.5) is 0 Å². The standard InChI is InChI=1S/C24H20N4O3S2/c1-30-18-11-9-17(10-12-18)20-14-19(16-6-3-2-4-7-16)27-28(20)22(29)15-33-24-26-25-23(31-24)21-8-5-13-32-21/h2-13,20H,14-15H2,1H3/t20-/m0/s1. The third-order valence-electron chi connectivity index (χ3n) is 5.23. The van der Waals surface area contributed by atoms with Crippen LogP contribution in [0.3, 0.4) is 0 Å². The van der Waals surface area contributed by atoms with E-state index in [2.05, 4.69) is 10.2 Å². The number of thiophene rings is 1. The molecule has 0 N–H and O–H groups in total. The number of rotatable bonds is 7. The molecule has 33 heavy (non-hydrogen) atoms. The predicted octanol–water partition coefficient (Wildman–Crippen LogP) is 5.28. The van der Waals surface area contributed by atoms with Crippen LogP contribution in [0.25, 0.3) is 10.8 Å². The van der Waals surface area contributed by atoms with E-state index in [1.165, 1.54) is 23.1 Å². The number of methoxy groups -OCH3 is 1. The van der Waals surface area contributed by atoms with Crippen LogP contribution in [-0.2, 0) is 4.79 Å². The Hall–Kier alpha value is -3.43. The van der Waals surface area contributed by atoms with Gasteiger partial charge in [-0.25, -0.2) is 5.01 Å². The van der Waals surface area contributed by atoms with E-state index in [1.54, 1.807) is 12.1 Å². The van der Waals surface area contributed by atoms with E-state index in [0.717, 1.165) is 27.5 Å². The molecular formula is C24H20N4O3S2. The number of hydrogen-bond donors (Lipinski definition) is 0. The van der Waals surface area contributed by atoms with E-state index in [-0.39, 0.29) is 17.7 Å². The molecule has 2 aromatic carbocycles. The summed E-state index contributed by atoms with van der Waals surface area (Å²) >= 11 is 2.74. The first-order valence-corrected chi connectivity index (χ1v) is 12.2. The third-order valence-corrected chi connectivity index (χ3v) is 6.89. The van der Waals surface area contributed by atoms with Crippen molar-refractivity contribution in [2.24, 2.45) is 5.10 Å². The highest BCUT2D eigenvalue weighted by Gasteiger charge is 2.33. The smallest absolute Gasteiger partial charge is 0.277 e. The van der Waals surface area contributed by atoms with Crippen LogP contribution in [0, 0.1) is 0 Å². The first kappa shape index (κ1) is 21.4. The molecule has 5 rings (SSSR count). The van der Waals surface area contributed by atoms with Gasteiger partial charge in [-0.3, -0.25) is 4.79 Å². The fraction of sp³-hybridized carbons (Fsp3) is 0.167. The van der Waals surface area contributed by atoms with E-state index >= 15 is 0 Å². The molecule has 1 amide bonds. The van der Waals surface area contributed by atoms with Crippen molar-refractivity contribution in [2.45, 2.75) is 17.7 Å². The van der Waals surface area contributed by atoms with Crippen LogP contribution in [0.5, 0.6) is 5.75 Å². The summed E-state index contributed by atoms with van der Waals surface area (Å²) < 4.78 is 11.0. The number of benzene rings is 2. The van der Waals surface area contributed by atoms with E-state index in [1.807, 2.05) is 72.1 Å². The number of ether oxygens (including phenoxy) is 1. The van der Waals surface area contributed by atoms with Gasteiger partial charge in [0.15, 0.2) is 0 Å². The van der Waals surface area contributed by atoms with E-state index in [4.69, 9.17) is 14.3 Å². The van der Waals surface area contributed by atoms with Gasteiger partial charge in [0.25, 0.3) is 17.0 Å². The molecule has 0 saturated carbocycles. The Balaban J connectivity index is 1.34. The minimum absolute atomic E-state index is 0.123. The van der Waals surface area contributed by atoms with Crippen molar-refractivity contribution in [1.29, 1.82) is 0 Å². The number of carbonyl (C=O) groups is 1. The van der Waals surface area contributed by atoms with Gasteiger partial charge < -0.3 is 9.15 Å². The Morgan fingerprint density at radius 1 is 1.12 bits per heavy atom. The lowest BCUT2D eigenvalue weighted by Crippen LogP contribution is -2.28. The van der Waals surface area contributed by atoms with Crippen molar-refractivity contribution in [2.75, 3.05) is 12.9 Å². The topological polar surface area (TPSA) is 80.8 Å². The van der Waals surface area contributed by atoms with Crippen LogP contribution >= 0.6 is 23.1 Å². The van der Waals surface area contributed by atoms with Crippen LogP contribution in [0.2, 0.25) is 0 Å². The number of amides is 1. The molecule has 0 aliphatic carbocycles. The molecule has 1 aliphatic heterocycles. The second-order valence-electron chi connectivity index (χ2n) is 7.28. The zero-order valence-corrected chi connectivity index (χ0v) is 19.4. The van der Waals surface area contributed by atoms with Gasteiger partial charge in [-0.15, -0.1) is 21.5 Å². The quantitative estimate of drug-likeness (QED) is 0.338. The largest absolute Gasteiger partial charge is 0.497 e. The second-order valence-corrected chi connectivity index (χ2v) is 9.16. The number of nitrogens with zero attached hydrogens (tertiary/aromatic N) is 4. The molecule has 0 saturated heterocycles. The molecule has 7 nitrogen and oxygen atoms in total. The highest BCUT2D eigenvalue weighted by molar-refractivity contribution is 7.99. The van der Waals surface area contributed by atoms with Crippen molar-refractivity contribution in [3.05, 3.63) is 83.2 Å². The Morgan fingerprint density at radius 2 is 1.94 bits per heavy atom. The van der Waals surface area contributed by atoms with Crippen LogP contribution < -0.4 is 4.74 Å². The fourth-order valence-electron chi connectivity index (χ4n) is 3.59. The SMILES string of the molecule is COc1ccc([C@@H]2CC(c3ccccc3)=NN2C(=O)CSc2nnc(-c3cccs3)o2)cc1. The maximum Gasteiger partial charge on any atom is 0.277 e. The number of thioether (sulfide) groups is 1. The van der Waals surface area contributed by atoms with Crippen molar-refractivity contribution in [3.63, 3.8) is 0 Å². The summed E-state index contributed by atoms with van der Waals surface area (Å²) in [7, 11) is 1.63. The van der Waals surface area contributed by atoms with Gasteiger partial charge in [-0.2, -0.15) is 5.10 Å². The summed E-state index contributed by atoms with van der Waals surface area (Å²) in [6, 6.07) is 21.3. The van der Waals surface area contributed by atoms with Crippen molar-refractivity contribution in [3.8, 4) is 16.5 Å². The summed E-state index contributed by atoms with van der Waals surface area (Å²) in [5, 5.41) is 16.7. The Kier molecular flexibility index (Phi) is 6.23. The first-order chi connectivity index (χ1) is 16.2. The number of hydrogen-bond acceptors (Lipinski definition) is 8. The second kappa shape index (κ2) is 9.60. The number of aromatic nitrogens is 2. The molecule has 0 bridgehead atoms. The maximum absolute atomic E-state index is 13.2. The van der Waals surface area contributed by atoms with E-state index in [0.29, 0.717) is 17.5 Å². The molecule has 0 spiro atoms. The fourth-order valence-corrected chi connectivity index (χ4v) is 4.85. The minimum Gasteiger partial charge on any atom is -0.497 e. The maximum atomic E-state index is 13.2. The van der Waals surface area contributed by atoms with Gasteiger partial charge in [0.2, 0.25) is 0 Å². The summed E-state index contributed by atoms with van der Waals surface area (Å²) in [5.74, 6) is 1.25. The van der Waals surface area contributed by atoms with Crippen molar-refractivity contribution >= 4 is 34.7 Å². The average Bonchev–Trinajstić information content (AvgIpc) is 3.64. The molecule has 4 aromatic rings. The zero-order valence-electron chi connectivity index (χ0n) is 17.7. The van der Waals surface area contributed by atoms with E-state index in [9.17, 15) is 4.79 Å². The van der Waals surface area contributed by atoms with E-state index < -0.39 is 0 Å². The van der Waals surface area contributed by atoms with Gasteiger partial charge in [0, 0.05) is 6.42 Å². The van der Waals surface area contributed by atoms with Crippen LogP contribution in [0.1, 0.15) is 23.6 Å².